The lowest BCUT2D eigenvalue weighted by Gasteiger charge is -2.30. The number of anilines is 2. The molecule has 0 spiro atoms. The number of aliphatic carboxylic acids is 1. The van der Waals surface area contributed by atoms with Gasteiger partial charge in [-0.05, 0) is 25.0 Å². The largest absolute Gasteiger partial charge is 0.481 e. The van der Waals surface area contributed by atoms with Crippen LogP contribution >= 0.6 is 11.3 Å². The predicted octanol–water partition coefficient (Wildman–Crippen LogP) is 2.25. The van der Waals surface area contributed by atoms with Crippen LogP contribution < -0.4 is 10.2 Å². The fourth-order valence-electron chi connectivity index (χ4n) is 2.45. The molecule has 2 aromatic rings. The van der Waals surface area contributed by atoms with E-state index >= 15 is 0 Å². The molecule has 3 rings (SSSR count). The molecule has 0 atom stereocenters. The summed E-state index contributed by atoms with van der Waals surface area (Å²) in [5.74, 6) is -0.145. The van der Waals surface area contributed by atoms with Crippen molar-refractivity contribution in [1.82, 2.24) is 9.97 Å². The van der Waals surface area contributed by atoms with E-state index in [1.54, 1.807) is 25.4 Å². The molecule has 136 valence electrons. The van der Waals surface area contributed by atoms with Crippen molar-refractivity contribution in [2.45, 2.75) is 12.8 Å². The molecule has 0 bridgehead atoms. The molecule has 0 aromatic carbocycles. The van der Waals surface area contributed by atoms with Gasteiger partial charge in [-0.15, -0.1) is 0 Å². The van der Waals surface area contributed by atoms with Crippen molar-refractivity contribution < 1.29 is 14.7 Å². The molecule has 26 heavy (non-hydrogen) atoms. The number of carboxylic acids is 1. The van der Waals surface area contributed by atoms with E-state index in [9.17, 15) is 9.59 Å². The van der Waals surface area contributed by atoms with E-state index in [1.165, 1.54) is 17.5 Å². The summed E-state index contributed by atoms with van der Waals surface area (Å²) in [6.45, 7) is 1.40. The van der Waals surface area contributed by atoms with E-state index in [4.69, 9.17) is 10.4 Å². The van der Waals surface area contributed by atoms with Gasteiger partial charge in [0.1, 0.15) is 16.8 Å². The van der Waals surface area contributed by atoms with Crippen molar-refractivity contribution in [2.75, 3.05) is 30.4 Å². The Kier molecular flexibility index (Phi) is 7.05. The smallest absolute Gasteiger partial charge is 0.306 e. The van der Waals surface area contributed by atoms with Crippen LogP contribution in [0.2, 0.25) is 0 Å². The highest BCUT2D eigenvalue weighted by Crippen LogP contribution is 2.21. The topological polar surface area (TPSA) is 119 Å². The highest BCUT2D eigenvalue weighted by atomic mass is 32.1. The molecule has 1 fully saturated rings. The van der Waals surface area contributed by atoms with Crippen LogP contribution in [0.25, 0.3) is 0 Å². The predicted molar refractivity (Wildman–Crippen MR) is 98.6 cm³/mol. The van der Waals surface area contributed by atoms with E-state index in [0.717, 1.165) is 17.2 Å². The summed E-state index contributed by atoms with van der Waals surface area (Å²) in [6.07, 6.45) is 5.13. The second-order valence-corrected chi connectivity index (χ2v) is 6.59. The molecule has 2 aromatic heterocycles. The summed E-state index contributed by atoms with van der Waals surface area (Å²) in [6, 6.07) is 5.51. The van der Waals surface area contributed by atoms with Crippen LogP contribution in [0.15, 0.2) is 24.5 Å². The quantitative estimate of drug-likeness (QED) is 0.783. The van der Waals surface area contributed by atoms with Gasteiger partial charge in [-0.3, -0.25) is 9.59 Å². The van der Waals surface area contributed by atoms with Crippen molar-refractivity contribution in [3.63, 3.8) is 0 Å². The Morgan fingerprint density at radius 1 is 1.38 bits per heavy atom. The number of pyridine rings is 1. The third-order valence-corrected chi connectivity index (χ3v) is 4.82. The summed E-state index contributed by atoms with van der Waals surface area (Å²) < 4.78 is 0. The van der Waals surface area contributed by atoms with Gasteiger partial charge in [0.05, 0.1) is 12.1 Å². The molecule has 3 heterocycles. The lowest BCUT2D eigenvalue weighted by molar-refractivity contribution is -0.142. The Balaban J connectivity index is 0.000000228. The highest BCUT2D eigenvalue weighted by Gasteiger charge is 2.24. The number of carbonyl (C=O) groups is 2. The van der Waals surface area contributed by atoms with Crippen LogP contribution in [-0.2, 0) is 4.79 Å². The van der Waals surface area contributed by atoms with Crippen molar-refractivity contribution in [2.24, 2.45) is 5.92 Å². The number of piperidine rings is 1. The first-order chi connectivity index (χ1) is 12.6. The number of thiazole rings is 1. The highest BCUT2D eigenvalue weighted by molar-refractivity contribution is 7.16. The summed E-state index contributed by atoms with van der Waals surface area (Å²) in [5, 5.41) is 20.9. The number of aromatic nitrogens is 2. The Labute approximate surface area is 155 Å². The third kappa shape index (κ3) is 5.26. The molecule has 9 heteroatoms. The Morgan fingerprint density at radius 3 is 2.54 bits per heavy atom. The maximum atomic E-state index is 10.8. The van der Waals surface area contributed by atoms with Crippen molar-refractivity contribution in [3.05, 3.63) is 35.0 Å². The van der Waals surface area contributed by atoms with Crippen molar-refractivity contribution in [3.8, 4) is 6.07 Å². The number of nitrogens with zero attached hydrogens (tertiary/aromatic N) is 4. The zero-order chi connectivity index (χ0) is 18.9. The van der Waals surface area contributed by atoms with Gasteiger partial charge >= 0.3 is 5.97 Å². The minimum absolute atomic E-state index is 0.236. The van der Waals surface area contributed by atoms with Crippen molar-refractivity contribution >= 4 is 34.5 Å². The Bertz CT molecular complexity index is 776. The molecule has 1 aliphatic rings. The first kappa shape index (κ1) is 19.3. The number of nitrogens with one attached hydrogen (secondary N) is 1. The van der Waals surface area contributed by atoms with Gasteiger partial charge in [-0.2, -0.15) is 5.26 Å². The normalized spacial score (nSPS) is 13.9. The van der Waals surface area contributed by atoms with Gasteiger partial charge < -0.3 is 15.3 Å². The average molecular weight is 373 g/mol. The second-order valence-electron chi connectivity index (χ2n) is 5.56. The van der Waals surface area contributed by atoms with Gasteiger partial charge in [0.25, 0.3) is 0 Å². The van der Waals surface area contributed by atoms with Crippen LogP contribution in [0.4, 0.5) is 10.9 Å². The monoisotopic (exact) mass is 373 g/mol. The minimum atomic E-state index is -0.714. The molecule has 1 saturated heterocycles. The number of rotatable bonds is 4. The van der Waals surface area contributed by atoms with Crippen LogP contribution in [0.3, 0.4) is 0 Å². The molecule has 0 saturated carbocycles. The SMILES string of the molecule is CNc1ncc(C#N)s1.O=Cc1ccc(N2CCC(C(=O)O)CC2)nc1. The molecule has 0 aliphatic carbocycles. The van der Waals surface area contributed by atoms with E-state index < -0.39 is 5.97 Å². The van der Waals surface area contributed by atoms with E-state index in [-0.39, 0.29) is 5.92 Å². The van der Waals surface area contributed by atoms with Crippen molar-refractivity contribution in [1.29, 1.82) is 5.26 Å². The van der Waals surface area contributed by atoms with E-state index in [1.807, 2.05) is 11.0 Å². The molecule has 0 amide bonds. The number of hydrogen-bond acceptors (Lipinski definition) is 8. The van der Waals surface area contributed by atoms with Gasteiger partial charge in [-0.1, -0.05) is 11.3 Å². The summed E-state index contributed by atoms with van der Waals surface area (Å²) >= 11 is 1.35. The zero-order valence-corrected chi connectivity index (χ0v) is 15.1. The van der Waals surface area contributed by atoms with Crippen LogP contribution in [-0.4, -0.2) is 47.5 Å². The summed E-state index contributed by atoms with van der Waals surface area (Å²) in [5.41, 5.74) is 0.550. The molecule has 0 unspecified atom stereocenters. The standard InChI is InChI=1S/C12H14N2O3.C5H5N3S/c15-8-9-1-2-11(13-7-9)14-5-3-10(4-6-14)12(16)17;1-7-5-8-3-4(2-6)9-5/h1-2,7-8,10H,3-6H2,(H,16,17);3H,1H3,(H,7,8). The number of hydrogen-bond donors (Lipinski definition) is 2. The number of carboxylic acid groups (broad SMARTS) is 1. The molecule has 2 N–H and O–H groups in total. The Morgan fingerprint density at radius 2 is 2.12 bits per heavy atom. The molecule has 1 aliphatic heterocycles. The van der Waals surface area contributed by atoms with Gasteiger partial charge in [-0.25, -0.2) is 9.97 Å². The van der Waals surface area contributed by atoms with E-state index in [0.29, 0.717) is 36.4 Å². The zero-order valence-electron chi connectivity index (χ0n) is 14.3. The van der Waals surface area contributed by atoms with Gasteiger partial charge in [0, 0.05) is 31.9 Å². The maximum absolute atomic E-state index is 10.8. The fraction of sp³-hybridized carbons (Fsp3) is 0.353. The van der Waals surface area contributed by atoms with Gasteiger partial charge in [0.2, 0.25) is 0 Å². The Hall–Kier alpha value is -2.99. The maximum Gasteiger partial charge on any atom is 0.306 e. The first-order valence-electron chi connectivity index (χ1n) is 8.00. The minimum Gasteiger partial charge on any atom is -0.481 e. The van der Waals surface area contributed by atoms with E-state index in [2.05, 4.69) is 15.3 Å². The molecule has 8 nitrogen and oxygen atoms in total. The first-order valence-corrected chi connectivity index (χ1v) is 8.81. The number of carbonyl (C=O) groups excluding carboxylic acids is 1. The van der Waals surface area contributed by atoms with Crippen LogP contribution in [0.5, 0.6) is 0 Å². The van der Waals surface area contributed by atoms with Gasteiger partial charge in [0.15, 0.2) is 11.4 Å². The van der Waals surface area contributed by atoms with Crippen LogP contribution in [0, 0.1) is 17.2 Å². The molecule has 0 radical (unpaired) electrons. The number of aldehydes is 1. The third-order valence-electron chi connectivity index (χ3n) is 3.90. The summed E-state index contributed by atoms with van der Waals surface area (Å²) in [4.78, 5) is 32.1. The fourth-order valence-corrected chi connectivity index (χ4v) is 3.02. The average Bonchev–Trinajstić information content (AvgIpc) is 3.17. The van der Waals surface area contributed by atoms with Crippen LogP contribution in [0.1, 0.15) is 28.1 Å². The lowest BCUT2D eigenvalue weighted by Crippen LogP contribution is -2.36. The lowest BCUT2D eigenvalue weighted by atomic mass is 9.97. The summed E-state index contributed by atoms with van der Waals surface area (Å²) in [7, 11) is 1.78. The second kappa shape index (κ2) is 9.48. The molecular formula is C17H19N5O3S. The number of nitriles is 1. The molecular weight excluding hydrogens is 354 g/mol.